The number of aromatic amines is 1. The van der Waals surface area contributed by atoms with E-state index in [0.717, 1.165) is 38.2 Å². The zero-order chi connectivity index (χ0) is 22.8. The fraction of sp³-hybridized carbons (Fsp3) is 0.0385. The van der Waals surface area contributed by atoms with Gasteiger partial charge in [0.15, 0.2) is 5.16 Å². The van der Waals surface area contributed by atoms with Crippen LogP contribution < -0.4 is 10.3 Å². The van der Waals surface area contributed by atoms with Crippen LogP contribution >= 0.6 is 23.4 Å². The molecule has 0 saturated carbocycles. The van der Waals surface area contributed by atoms with Gasteiger partial charge in [0.25, 0.3) is 5.56 Å². The molecule has 0 fully saturated rings. The Hall–Kier alpha value is -3.61. The van der Waals surface area contributed by atoms with E-state index in [0.29, 0.717) is 15.9 Å². The minimum atomic E-state index is -0.226. The van der Waals surface area contributed by atoms with Crippen molar-refractivity contribution in [3.63, 3.8) is 0 Å². The second-order valence-corrected chi connectivity index (χ2v) is 8.76. The molecular formula is C26H18ClN3O2S. The number of hydrogen-bond donors (Lipinski definition) is 1. The smallest absolute Gasteiger partial charge is 0.252 e. The van der Waals surface area contributed by atoms with Crippen LogP contribution in [0.2, 0.25) is 5.02 Å². The van der Waals surface area contributed by atoms with E-state index in [1.165, 1.54) is 17.8 Å². The molecule has 0 aliphatic rings. The van der Waals surface area contributed by atoms with E-state index >= 15 is 0 Å². The molecule has 0 aliphatic heterocycles. The van der Waals surface area contributed by atoms with Crippen LogP contribution in [0.25, 0.3) is 33.3 Å². The van der Waals surface area contributed by atoms with Gasteiger partial charge in [-0.15, -0.1) is 0 Å². The topological polar surface area (TPSA) is 67.9 Å². The lowest BCUT2D eigenvalue weighted by atomic mass is 10.0. The number of pyridine rings is 1. The van der Waals surface area contributed by atoms with Crippen LogP contribution in [0.4, 0.5) is 0 Å². The minimum absolute atomic E-state index is 0.226. The number of ether oxygens (including phenoxy) is 1. The van der Waals surface area contributed by atoms with Gasteiger partial charge in [-0.25, -0.2) is 4.98 Å². The lowest BCUT2D eigenvalue weighted by molar-refractivity contribution is 0.415. The van der Waals surface area contributed by atoms with E-state index < -0.39 is 0 Å². The molecule has 1 N–H and O–H groups in total. The Morgan fingerprint density at radius 1 is 0.939 bits per heavy atom. The van der Waals surface area contributed by atoms with Gasteiger partial charge in [0.2, 0.25) is 0 Å². The maximum absolute atomic E-state index is 12.4. The lowest BCUT2D eigenvalue weighted by Crippen LogP contribution is -2.08. The molecule has 0 amide bonds. The molecule has 0 spiro atoms. The van der Waals surface area contributed by atoms with Crippen LogP contribution in [0.1, 0.15) is 0 Å². The average Bonchev–Trinajstić information content (AvgIpc) is 2.84. The van der Waals surface area contributed by atoms with Crippen molar-refractivity contribution in [3.05, 3.63) is 100 Å². The zero-order valence-electron chi connectivity index (χ0n) is 17.6. The second-order valence-electron chi connectivity index (χ2n) is 7.29. The quantitative estimate of drug-likeness (QED) is 0.298. The van der Waals surface area contributed by atoms with Gasteiger partial charge in [-0.3, -0.25) is 9.78 Å². The highest BCUT2D eigenvalue weighted by atomic mass is 35.5. The molecule has 0 atom stereocenters. The normalized spacial score (nSPS) is 11.0. The van der Waals surface area contributed by atoms with Crippen molar-refractivity contribution in [3.8, 4) is 28.1 Å². The third-order valence-electron chi connectivity index (χ3n) is 5.17. The number of hydrogen-bond acceptors (Lipinski definition) is 5. The van der Waals surface area contributed by atoms with Gasteiger partial charge >= 0.3 is 0 Å². The molecule has 33 heavy (non-hydrogen) atoms. The van der Waals surface area contributed by atoms with Gasteiger partial charge in [-0.05, 0) is 59.8 Å². The molecule has 5 nitrogen and oxygen atoms in total. The van der Waals surface area contributed by atoms with E-state index in [2.05, 4.69) is 9.97 Å². The third-order valence-corrected chi connectivity index (χ3v) is 6.32. The highest BCUT2D eigenvalue weighted by Gasteiger charge is 2.15. The van der Waals surface area contributed by atoms with Crippen LogP contribution in [0.5, 0.6) is 5.75 Å². The first kappa shape index (κ1) is 21.2. The summed E-state index contributed by atoms with van der Waals surface area (Å²) in [7, 11) is 1.62. The first-order valence-electron chi connectivity index (χ1n) is 10.2. The number of benzene rings is 3. The van der Waals surface area contributed by atoms with Crippen molar-refractivity contribution in [1.29, 1.82) is 0 Å². The van der Waals surface area contributed by atoms with Gasteiger partial charge in [-0.1, -0.05) is 41.9 Å². The molecule has 2 aromatic heterocycles. The number of nitrogens with one attached hydrogen (secondary N) is 1. The molecule has 2 heterocycles. The monoisotopic (exact) mass is 471 g/mol. The summed E-state index contributed by atoms with van der Waals surface area (Å²) in [6.07, 6.45) is 1.81. The number of nitrogens with zero attached hydrogens (tertiary/aromatic N) is 2. The maximum Gasteiger partial charge on any atom is 0.252 e. The Kier molecular flexibility index (Phi) is 5.86. The Labute approximate surface area is 199 Å². The predicted octanol–water partition coefficient (Wildman–Crippen LogP) is 6.47. The molecular weight excluding hydrogens is 454 g/mol. The van der Waals surface area contributed by atoms with Gasteiger partial charge < -0.3 is 9.72 Å². The van der Waals surface area contributed by atoms with Crippen LogP contribution in [-0.4, -0.2) is 22.1 Å². The van der Waals surface area contributed by atoms with Crippen molar-refractivity contribution < 1.29 is 4.74 Å². The maximum atomic E-state index is 12.4. The summed E-state index contributed by atoms with van der Waals surface area (Å²) in [6, 6.07) is 24.6. The number of H-pyrrole nitrogens is 1. The minimum Gasteiger partial charge on any atom is -0.497 e. The summed E-state index contributed by atoms with van der Waals surface area (Å²) >= 11 is 7.68. The summed E-state index contributed by atoms with van der Waals surface area (Å²) in [6.45, 7) is 0. The molecule has 3 aromatic carbocycles. The van der Waals surface area contributed by atoms with E-state index in [1.54, 1.807) is 7.11 Å². The van der Waals surface area contributed by atoms with E-state index in [1.807, 2.05) is 79.0 Å². The summed E-state index contributed by atoms with van der Waals surface area (Å²) < 4.78 is 5.22. The number of methoxy groups -OCH3 is 1. The molecule has 0 bridgehead atoms. The first-order chi connectivity index (χ1) is 16.1. The van der Waals surface area contributed by atoms with Gasteiger partial charge in [0.05, 0.1) is 18.3 Å². The number of fused-ring (bicyclic) bond motifs is 1. The second kappa shape index (κ2) is 9.10. The Morgan fingerprint density at radius 3 is 2.48 bits per heavy atom. The average molecular weight is 472 g/mol. The molecule has 5 aromatic rings. The SMILES string of the molecule is COc1ccc(-c2cc(=O)[nH]c(Sc3cnc4ccc(Cl)cc4c3-c3ccccc3)n2)cc1. The fourth-order valence-corrected chi connectivity index (χ4v) is 4.74. The predicted molar refractivity (Wildman–Crippen MR) is 133 cm³/mol. The molecule has 0 unspecified atom stereocenters. The number of rotatable bonds is 5. The molecule has 0 radical (unpaired) electrons. The zero-order valence-corrected chi connectivity index (χ0v) is 19.2. The summed E-state index contributed by atoms with van der Waals surface area (Å²) in [5.74, 6) is 0.742. The summed E-state index contributed by atoms with van der Waals surface area (Å²) in [5.41, 5.74) is 4.05. The van der Waals surface area contributed by atoms with Gasteiger partial charge in [0.1, 0.15) is 5.75 Å². The van der Waals surface area contributed by atoms with Crippen molar-refractivity contribution in [2.24, 2.45) is 0 Å². The Balaban J connectivity index is 1.62. The Morgan fingerprint density at radius 2 is 1.73 bits per heavy atom. The summed E-state index contributed by atoms with van der Waals surface area (Å²) in [5, 5.41) is 2.05. The molecule has 7 heteroatoms. The standard InChI is InChI=1S/C26H18ClN3O2S/c1-32-19-10-7-16(8-11-19)22-14-24(31)30-26(29-22)33-23-15-28-21-12-9-18(27)13-20(21)25(23)17-5-3-2-4-6-17/h2-15H,1H3,(H,29,30,31). The largest absolute Gasteiger partial charge is 0.497 e. The third kappa shape index (κ3) is 4.49. The van der Waals surface area contributed by atoms with E-state index in [4.69, 9.17) is 21.3 Å². The highest BCUT2D eigenvalue weighted by Crippen LogP contribution is 2.39. The van der Waals surface area contributed by atoms with E-state index in [-0.39, 0.29) is 5.56 Å². The highest BCUT2D eigenvalue weighted by molar-refractivity contribution is 7.99. The number of halogens is 1. The molecule has 5 rings (SSSR count). The first-order valence-corrected chi connectivity index (χ1v) is 11.4. The van der Waals surface area contributed by atoms with Crippen LogP contribution in [0.3, 0.4) is 0 Å². The molecule has 162 valence electrons. The Bertz CT molecular complexity index is 1500. The van der Waals surface area contributed by atoms with Gasteiger partial charge in [0, 0.05) is 38.7 Å². The fourth-order valence-electron chi connectivity index (χ4n) is 3.62. The lowest BCUT2D eigenvalue weighted by Gasteiger charge is -2.13. The van der Waals surface area contributed by atoms with Crippen molar-refractivity contribution >= 4 is 34.3 Å². The van der Waals surface area contributed by atoms with Crippen LogP contribution in [0, 0.1) is 0 Å². The molecule has 0 aliphatic carbocycles. The van der Waals surface area contributed by atoms with Crippen LogP contribution in [0.15, 0.2) is 99.9 Å². The van der Waals surface area contributed by atoms with Crippen LogP contribution in [-0.2, 0) is 0 Å². The van der Waals surface area contributed by atoms with Gasteiger partial charge in [-0.2, -0.15) is 0 Å². The number of aromatic nitrogens is 3. The van der Waals surface area contributed by atoms with Crippen molar-refractivity contribution in [2.75, 3.05) is 7.11 Å². The summed E-state index contributed by atoms with van der Waals surface area (Å²) in [4.78, 5) is 25.5. The van der Waals surface area contributed by atoms with Crippen molar-refractivity contribution in [2.45, 2.75) is 10.1 Å². The van der Waals surface area contributed by atoms with E-state index in [9.17, 15) is 4.79 Å². The molecule has 0 saturated heterocycles. The van der Waals surface area contributed by atoms with Crippen molar-refractivity contribution in [1.82, 2.24) is 15.0 Å².